The summed E-state index contributed by atoms with van der Waals surface area (Å²) in [6, 6.07) is 2.50. The molecule has 1 heterocycles. The Labute approximate surface area is 116 Å². The van der Waals surface area contributed by atoms with Crippen molar-refractivity contribution in [3.05, 3.63) is 29.6 Å². The van der Waals surface area contributed by atoms with Crippen LogP contribution in [0.2, 0.25) is 0 Å². The van der Waals surface area contributed by atoms with Gasteiger partial charge in [-0.25, -0.2) is 17.6 Å². The van der Waals surface area contributed by atoms with Crippen LogP contribution in [0, 0.1) is 5.82 Å². The molecule has 1 aromatic rings. The Morgan fingerprint density at radius 2 is 2.15 bits per heavy atom. The van der Waals surface area contributed by atoms with Crippen molar-refractivity contribution in [3.8, 4) is 0 Å². The molecule has 1 saturated heterocycles. The fraction of sp³-hybridized carbons (Fsp3) is 0.417. The molecule has 1 aliphatic rings. The molecular weight excluding hydrogens is 287 g/mol. The summed E-state index contributed by atoms with van der Waals surface area (Å²) in [5.74, 6) is -2.38. The minimum atomic E-state index is -3.98. The van der Waals surface area contributed by atoms with Crippen molar-refractivity contribution < 1.29 is 22.7 Å². The van der Waals surface area contributed by atoms with Gasteiger partial charge in [-0.15, -0.1) is 0 Å². The predicted molar refractivity (Wildman–Crippen MR) is 69.3 cm³/mol. The molecule has 0 saturated carbocycles. The summed E-state index contributed by atoms with van der Waals surface area (Å²) in [6.07, 6.45) is 1.35. The van der Waals surface area contributed by atoms with Crippen molar-refractivity contribution in [2.75, 3.05) is 13.1 Å². The van der Waals surface area contributed by atoms with Crippen LogP contribution in [0.3, 0.4) is 0 Å². The SMILES string of the molecule is NC1CCCN(S(=O)(=O)c2ccc(C(=O)O)cc2F)C1. The monoisotopic (exact) mass is 302 g/mol. The molecule has 0 bridgehead atoms. The summed E-state index contributed by atoms with van der Waals surface area (Å²) in [7, 11) is -3.98. The smallest absolute Gasteiger partial charge is 0.335 e. The molecule has 0 radical (unpaired) electrons. The average Bonchev–Trinajstić information content (AvgIpc) is 2.38. The first-order valence-corrected chi connectivity index (χ1v) is 7.55. The number of rotatable bonds is 3. The quantitative estimate of drug-likeness (QED) is 0.853. The van der Waals surface area contributed by atoms with E-state index in [-0.39, 0.29) is 24.7 Å². The molecule has 0 aromatic heterocycles. The Bertz CT molecular complexity index is 632. The molecule has 20 heavy (non-hydrogen) atoms. The van der Waals surface area contributed by atoms with E-state index in [4.69, 9.17) is 10.8 Å². The number of hydrogen-bond donors (Lipinski definition) is 2. The van der Waals surface area contributed by atoms with Gasteiger partial charge in [0, 0.05) is 19.1 Å². The lowest BCUT2D eigenvalue weighted by molar-refractivity contribution is 0.0696. The van der Waals surface area contributed by atoms with Crippen molar-refractivity contribution in [2.45, 2.75) is 23.8 Å². The van der Waals surface area contributed by atoms with Gasteiger partial charge < -0.3 is 10.8 Å². The van der Waals surface area contributed by atoms with Gasteiger partial charge >= 0.3 is 5.97 Å². The van der Waals surface area contributed by atoms with Crippen LogP contribution in [0.5, 0.6) is 0 Å². The standard InChI is InChI=1S/C12H15FN2O4S/c13-10-6-8(12(16)17)3-4-11(10)20(18,19)15-5-1-2-9(14)7-15/h3-4,6,9H,1-2,5,7,14H2,(H,16,17). The van der Waals surface area contributed by atoms with E-state index in [0.29, 0.717) is 12.5 Å². The lowest BCUT2D eigenvalue weighted by Gasteiger charge is -2.29. The van der Waals surface area contributed by atoms with E-state index in [2.05, 4.69) is 0 Å². The van der Waals surface area contributed by atoms with Crippen molar-refractivity contribution in [1.82, 2.24) is 4.31 Å². The molecule has 0 spiro atoms. The van der Waals surface area contributed by atoms with E-state index in [9.17, 15) is 17.6 Å². The van der Waals surface area contributed by atoms with Gasteiger partial charge in [0.1, 0.15) is 10.7 Å². The van der Waals surface area contributed by atoms with Gasteiger partial charge in [-0.2, -0.15) is 4.31 Å². The molecule has 1 aliphatic heterocycles. The number of hydrogen-bond acceptors (Lipinski definition) is 4. The summed E-state index contributed by atoms with van der Waals surface area (Å²) in [6.45, 7) is 0.429. The number of nitrogens with zero attached hydrogens (tertiary/aromatic N) is 1. The highest BCUT2D eigenvalue weighted by Crippen LogP contribution is 2.23. The van der Waals surface area contributed by atoms with Crippen LogP contribution in [0.25, 0.3) is 0 Å². The third-order valence-electron chi connectivity index (χ3n) is 3.22. The van der Waals surface area contributed by atoms with Crippen LogP contribution in [-0.4, -0.2) is 42.9 Å². The number of nitrogens with two attached hydrogens (primary N) is 1. The fourth-order valence-corrected chi connectivity index (χ4v) is 3.76. The van der Waals surface area contributed by atoms with Gasteiger partial charge in [-0.3, -0.25) is 0 Å². The Balaban J connectivity index is 2.36. The second kappa shape index (κ2) is 5.47. The van der Waals surface area contributed by atoms with Crippen LogP contribution >= 0.6 is 0 Å². The molecule has 3 N–H and O–H groups in total. The highest BCUT2D eigenvalue weighted by atomic mass is 32.2. The van der Waals surface area contributed by atoms with Crippen molar-refractivity contribution in [3.63, 3.8) is 0 Å². The van der Waals surface area contributed by atoms with Gasteiger partial charge in [0.15, 0.2) is 0 Å². The van der Waals surface area contributed by atoms with Gasteiger partial charge in [0.2, 0.25) is 10.0 Å². The molecule has 1 atom stereocenters. The summed E-state index contributed by atoms with van der Waals surface area (Å²) in [5.41, 5.74) is 5.43. The maximum absolute atomic E-state index is 13.9. The zero-order chi connectivity index (χ0) is 14.9. The zero-order valence-electron chi connectivity index (χ0n) is 10.6. The number of piperidine rings is 1. The highest BCUT2D eigenvalue weighted by molar-refractivity contribution is 7.89. The highest BCUT2D eigenvalue weighted by Gasteiger charge is 2.31. The number of carboxylic acids is 1. The van der Waals surface area contributed by atoms with E-state index in [1.54, 1.807) is 0 Å². The maximum atomic E-state index is 13.9. The Hall–Kier alpha value is -1.51. The molecule has 0 aliphatic carbocycles. The second-order valence-electron chi connectivity index (χ2n) is 4.72. The predicted octanol–water partition coefficient (Wildman–Crippen LogP) is 0.636. The molecule has 1 aromatic carbocycles. The van der Waals surface area contributed by atoms with E-state index < -0.39 is 26.7 Å². The molecule has 1 unspecified atom stereocenters. The third kappa shape index (κ3) is 2.82. The van der Waals surface area contributed by atoms with Crippen LogP contribution in [0.1, 0.15) is 23.2 Å². The van der Waals surface area contributed by atoms with Crippen molar-refractivity contribution in [1.29, 1.82) is 0 Å². The molecule has 2 rings (SSSR count). The van der Waals surface area contributed by atoms with E-state index >= 15 is 0 Å². The average molecular weight is 302 g/mol. The number of aromatic carboxylic acids is 1. The van der Waals surface area contributed by atoms with E-state index in [1.807, 2.05) is 0 Å². The van der Waals surface area contributed by atoms with Crippen molar-refractivity contribution >= 4 is 16.0 Å². The topological polar surface area (TPSA) is 101 Å². The first kappa shape index (κ1) is 14.9. The normalized spacial score (nSPS) is 20.8. The van der Waals surface area contributed by atoms with Gasteiger partial charge in [-0.1, -0.05) is 0 Å². The minimum Gasteiger partial charge on any atom is -0.478 e. The Morgan fingerprint density at radius 1 is 1.45 bits per heavy atom. The summed E-state index contributed by atoms with van der Waals surface area (Å²) in [5, 5.41) is 8.74. The van der Waals surface area contributed by atoms with Crippen LogP contribution < -0.4 is 5.73 Å². The number of carboxylic acid groups (broad SMARTS) is 1. The lowest BCUT2D eigenvalue weighted by Crippen LogP contribution is -2.45. The number of carbonyl (C=O) groups is 1. The van der Waals surface area contributed by atoms with Gasteiger partial charge in [0.25, 0.3) is 0 Å². The van der Waals surface area contributed by atoms with Crippen LogP contribution in [-0.2, 0) is 10.0 Å². The van der Waals surface area contributed by atoms with Gasteiger partial charge in [-0.05, 0) is 31.0 Å². The summed E-state index contributed by atoms with van der Waals surface area (Å²) in [4.78, 5) is 10.2. The molecule has 110 valence electrons. The maximum Gasteiger partial charge on any atom is 0.335 e. The summed E-state index contributed by atoms with van der Waals surface area (Å²) < 4.78 is 39.6. The van der Waals surface area contributed by atoms with Crippen LogP contribution in [0.4, 0.5) is 4.39 Å². The minimum absolute atomic E-state index is 0.141. The Kier molecular flexibility index (Phi) is 4.07. The van der Waals surface area contributed by atoms with Crippen molar-refractivity contribution in [2.24, 2.45) is 5.73 Å². The molecule has 6 nitrogen and oxygen atoms in total. The number of benzene rings is 1. The molecule has 1 fully saturated rings. The Morgan fingerprint density at radius 3 is 2.70 bits per heavy atom. The second-order valence-corrected chi connectivity index (χ2v) is 6.62. The zero-order valence-corrected chi connectivity index (χ0v) is 11.4. The first-order valence-electron chi connectivity index (χ1n) is 6.11. The third-order valence-corrected chi connectivity index (χ3v) is 5.12. The van der Waals surface area contributed by atoms with E-state index in [0.717, 1.165) is 22.9 Å². The largest absolute Gasteiger partial charge is 0.478 e. The van der Waals surface area contributed by atoms with Gasteiger partial charge in [0.05, 0.1) is 5.56 Å². The fourth-order valence-electron chi connectivity index (χ4n) is 2.17. The summed E-state index contributed by atoms with van der Waals surface area (Å²) >= 11 is 0. The molecule has 0 amide bonds. The molecule has 8 heteroatoms. The number of halogens is 1. The van der Waals surface area contributed by atoms with Crippen LogP contribution in [0.15, 0.2) is 23.1 Å². The van der Waals surface area contributed by atoms with E-state index in [1.165, 1.54) is 0 Å². The number of sulfonamides is 1. The lowest BCUT2D eigenvalue weighted by atomic mass is 10.1. The first-order chi connectivity index (χ1) is 9.32. The molecular formula is C12H15FN2O4S.